The van der Waals surface area contributed by atoms with Crippen LogP contribution in [0.15, 0.2) is 42.5 Å². The van der Waals surface area contributed by atoms with Crippen LogP contribution >= 0.6 is 11.6 Å². The third-order valence-corrected chi connectivity index (χ3v) is 9.37. The maximum atomic E-state index is 13.6. The van der Waals surface area contributed by atoms with E-state index < -0.39 is 45.4 Å². The van der Waals surface area contributed by atoms with Crippen LogP contribution < -0.4 is 14.8 Å². The molecule has 0 aliphatic carbocycles. The Morgan fingerprint density at radius 3 is 2.07 bits per heavy atom. The molecule has 0 radical (unpaired) electrons. The van der Waals surface area contributed by atoms with Crippen LogP contribution in [0.1, 0.15) is 95.3 Å². The molecule has 1 aliphatic heterocycles. The summed E-state index contributed by atoms with van der Waals surface area (Å²) in [6, 6.07) is 7.98. The number of anilines is 2. The Balaban J connectivity index is 1.69. The Morgan fingerprint density at radius 1 is 0.935 bits per heavy atom. The Morgan fingerprint density at radius 2 is 1.52 bits per heavy atom. The summed E-state index contributed by atoms with van der Waals surface area (Å²) >= 11 is 6.32. The SMILES string of the molecule is CCCCCCCCCCCCS(=O)(=O)Nc1ccc(Cl)c(NC(=O)C(C(=O)c2ccc(OC)cc2)N2C(=O)OC(C)(C)C2=O)c1. The van der Waals surface area contributed by atoms with E-state index in [1.807, 2.05) is 0 Å². The van der Waals surface area contributed by atoms with Crippen molar-refractivity contribution in [2.24, 2.45) is 0 Å². The topological polar surface area (TPSA) is 148 Å². The van der Waals surface area contributed by atoms with Crippen LogP contribution in [0.2, 0.25) is 5.02 Å². The van der Waals surface area contributed by atoms with Crippen LogP contribution in [0.3, 0.4) is 0 Å². The average molecular weight is 678 g/mol. The van der Waals surface area contributed by atoms with Crippen LogP contribution in [-0.4, -0.2) is 61.5 Å². The second-order valence-corrected chi connectivity index (χ2v) is 14.1. The van der Waals surface area contributed by atoms with Crippen molar-refractivity contribution in [3.8, 4) is 5.75 Å². The van der Waals surface area contributed by atoms with E-state index in [-0.39, 0.29) is 27.7 Å². The summed E-state index contributed by atoms with van der Waals surface area (Å²) in [7, 11) is -2.25. The van der Waals surface area contributed by atoms with E-state index in [0.29, 0.717) is 17.1 Å². The lowest BCUT2D eigenvalue weighted by Gasteiger charge is -2.23. The molecule has 2 N–H and O–H groups in total. The molecule has 3 rings (SSSR count). The quantitative estimate of drug-likeness (QED) is 0.0921. The van der Waals surface area contributed by atoms with E-state index in [9.17, 15) is 27.6 Å². The Bertz CT molecular complexity index is 1490. The summed E-state index contributed by atoms with van der Waals surface area (Å²) in [6.07, 6.45) is 9.58. The Kier molecular flexibility index (Phi) is 13.4. The molecule has 11 nitrogen and oxygen atoms in total. The molecule has 1 saturated heterocycles. The highest BCUT2D eigenvalue weighted by atomic mass is 35.5. The van der Waals surface area contributed by atoms with Gasteiger partial charge in [0.15, 0.2) is 17.4 Å². The number of imide groups is 1. The first kappa shape index (κ1) is 36.8. The van der Waals surface area contributed by atoms with Gasteiger partial charge in [-0.15, -0.1) is 0 Å². The number of amides is 3. The zero-order chi connectivity index (χ0) is 33.9. The van der Waals surface area contributed by atoms with Gasteiger partial charge >= 0.3 is 6.09 Å². The maximum absolute atomic E-state index is 13.6. The minimum absolute atomic E-state index is 0.0300. The molecule has 252 valence electrons. The van der Waals surface area contributed by atoms with Crippen LogP contribution in [-0.2, 0) is 24.3 Å². The highest BCUT2D eigenvalue weighted by Crippen LogP contribution is 2.30. The van der Waals surface area contributed by atoms with Gasteiger partial charge in [-0.3, -0.25) is 19.1 Å². The van der Waals surface area contributed by atoms with E-state index in [1.54, 1.807) is 0 Å². The number of ketones is 1. The minimum Gasteiger partial charge on any atom is -0.497 e. The number of carbonyl (C=O) groups is 4. The van der Waals surface area contributed by atoms with Gasteiger partial charge in [0.1, 0.15) is 5.75 Å². The van der Waals surface area contributed by atoms with E-state index in [2.05, 4.69) is 17.0 Å². The van der Waals surface area contributed by atoms with Gasteiger partial charge < -0.3 is 14.8 Å². The molecule has 1 unspecified atom stereocenters. The average Bonchev–Trinajstić information content (AvgIpc) is 3.21. The molecule has 46 heavy (non-hydrogen) atoms. The fraction of sp³-hybridized carbons (Fsp3) is 0.515. The largest absolute Gasteiger partial charge is 0.497 e. The summed E-state index contributed by atoms with van der Waals surface area (Å²) in [6.45, 7) is 4.89. The summed E-state index contributed by atoms with van der Waals surface area (Å²) in [5.74, 6) is -2.39. The number of methoxy groups -OCH3 is 1. The number of hydrogen-bond acceptors (Lipinski definition) is 8. The summed E-state index contributed by atoms with van der Waals surface area (Å²) < 4.78 is 38.3. The third kappa shape index (κ3) is 10.2. The molecule has 0 spiro atoms. The third-order valence-electron chi connectivity index (χ3n) is 7.67. The smallest absolute Gasteiger partial charge is 0.418 e. The number of halogens is 1. The first-order chi connectivity index (χ1) is 21.8. The molecule has 3 amide bonds. The Labute approximate surface area is 276 Å². The second kappa shape index (κ2) is 16.8. The Hall–Kier alpha value is -3.64. The van der Waals surface area contributed by atoms with E-state index in [0.717, 1.165) is 25.7 Å². The van der Waals surface area contributed by atoms with Crippen LogP contribution in [0.25, 0.3) is 0 Å². The lowest BCUT2D eigenvalue weighted by atomic mass is 10.00. The molecular weight excluding hydrogens is 634 g/mol. The highest BCUT2D eigenvalue weighted by Gasteiger charge is 2.54. The molecule has 1 aliphatic rings. The standard InChI is InChI=1S/C33H44ClN3O8S/c1-5-6-7-8-9-10-11-12-13-14-21-46(42,43)36-24-17-20-26(34)27(22-24)35-30(39)28(37-31(40)33(2,3)45-32(37)41)29(38)23-15-18-25(44-4)19-16-23/h15-20,22,28,36H,5-14,21H2,1-4H3,(H,35,39). The van der Waals surface area contributed by atoms with Crippen molar-refractivity contribution in [2.45, 2.75) is 96.6 Å². The molecule has 2 aromatic rings. The number of Topliss-reactive ketones (excluding diaryl/α,β-unsaturated/α-hetero) is 1. The lowest BCUT2D eigenvalue weighted by Crippen LogP contribution is -2.53. The number of nitrogens with zero attached hydrogens (tertiary/aromatic N) is 1. The van der Waals surface area contributed by atoms with Gasteiger partial charge in [-0.25, -0.2) is 18.1 Å². The lowest BCUT2D eigenvalue weighted by molar-refractivity contribution is -0.137. The van der Waals surface area contributed by atoms with Gasteiger partial charge in [0.25, 0.3) is 11.8 Å². The number of ether oxygens (including phenoxy) is 2. The monoisotopic (exact) mass is 677 g/mol. The van der Waals surface area contributed by atoms with Crippen molar-refractivity contribution in [3.05, 3.63) is 53.1 Å². The second-order valence-electron chi connectivity index (χ2n) is 11.8. The highest BCUT2D eigenvalue weighted by molar-refractivity contribution is 7.92. The maximum Gasteiger partial charge on any atom is 0.418 e. The predicted octanol–water partition coefficient (Wildman–Crippen LogP) is 6.96. The number of cyclic esters (lactones) is 1. The number of carbonyl (C=O) groups excluding carboxylic acids is 4. The van der Waals surface area contributed by atoms with Gasteiger partial charge in [-0.2, -0.15) is 0 Å². The number of unbranched alkanes of at least 4 members (excludes halogenated alkanes) is 9. The molecule has 0 saturated carbocycles. The van der Waals surface area contributed by atoms with Gasteiger partial charge in [-0.1, -0.05) is 76.3 Å². The van der Waals surface area contributed by atoms with Crippen molar-refractivity contribution in [3.63, 3.8) is 0 Å². The predicted molar refractivity (Wildman–Crippen MR) is 178 cm³/mol. The molecule has 1 atom stereocenters. The van der Waals surface area contributed by atoms with E-state index >= 15 is 0 Å². The van der Waals surface area contributed by atoms with Crippen LogP contribution in [0, 0.1) is 0 Å². The molecule has 0 aromatic heterocycles. The van der Waals surface area contributed by atoms with E-state index in [4.69, 9.17) is 21.1 Å². The molecule has 1 fully saturated rings. The minimum atomic E-state index is -3.70. The van der Waals surface area contributed by atoms with Crippen molar-refractivity contribution in [2.75, 3.05) is 22.9 Å². The number of rotatable bonds is 19. The number of nitrogens with one attached hydrogen (secondary N) is 2. The molecule has 0 bridgehead atoms. The molecule has 1 heterocycles. The van der Waals surface area contributed by atoms with Crippen molar-refractivity contribution < 1.29 is 37.1 Å². The zero-order valence-electron chi connectivity index (χ0n) is 26.9. The molecule has 13 heteroatoms. The van der Waals surface area contributed by atoms with Crippen LogP contribution in [0.4, 0.5) is 16.2 Å². The molecule has 2 aromatic carbocycles. The molecular formula is C33H44ClN3O8S. The number of sulfonamides is 1. The van der Waals surface area contributed by atoms with Gasteiger partial charge in [0.05, 0.1) is 29.3 Å². The van der Waals surface area contributed by atoms with Gasteiger partial charge in [0, 0.05) is 5.56 Å². The van der Waals surface area contributed by atoms with Crippen LogP contribution in [0.5, 0.6) is 5.75 Å². The first-order valence-corrected chi connectivity index (χ1v) is 17.7. The van der Waals surface area contributed by atoms with Gasteiger partial charge in [-0.05, 0) is 62.7 Å². The first-order valence-electron chi connectivity index (χ1n) is 15.7. The normalized spacial score (nSPS) is 14.9. The summed E-state index contributed by atoms with van der Waals surface area (Å²) in [5.41, 5.74) is -1.45. The fourth-order valence-electron chi connectivity index (χ4n) is 5.07. The number of hydrogen-bond donors (Lipinski definition) is 2. The van der Waals surface area contributed by atoms with Gasteiger partial charge in [0.2, 0.25) is 10.0 Å². The van der Waals surface area contributed by atoms with E-state index in [1.165, 1.54) is 95.5 Å². The fourth-order valence-corrected chi connectivity index (χ4v) is 6.41. The summed E-state index contributed by atoms with van der Waals surface area (Å²) in [5, 5.41) is 2.53. The van der Waals surface area contributed by atoms with Crippen molar-refractivity contribution >= 4 is 56.7 Å². The van der Waals surface area contributed by atoms with Crippen molar-refractivity contribution in [1.29, 1.82) is 0 Å². The zero-order valence-corrected chi connectivity index (χ0v) is 28.5. The summed E-state index contributed by atoms with van der Waals surface area (Å²) in [4.78, 5) is 53.6. The van der Waals surface area contributed by atoms with Crippen molar-refractivity contribution in [1.82, 2.24) is 4.90 Å². The number of benzene rings is 2.